The van der Waals surface area contributed by atoms with Gasteiger partial charge in [0, 0.05) is 12.3 Å². The van der Waals surface area contributed by atoms with Crippen LogP contribution in [-0.2, 0) is 0 Å². The average molecular weight is 227 g/mol. The number of benzene rings is 1. The van der Waals surface area contributed by atoms with E-state index in [4.69, 9.17) is 5.73 Å². The molecule has 1 aliphatic heterocycles. The molecule has 1 saturated carbocycles. The first-order chi connectivity index (χ1) is 8.24. The van der Waals surface area contributed by atoms with Gasteiger partial charge in [-0.3, -0.25) is 0 Å². The van der Waals surface area contributed by atoms with Crippen molar-refractivity contribution in [2.75, 3.05) is 0 Å². The number of amidine groups is 1. The second kappa shape index (κ2) is 3.99. The Morgan fingerprint density at radius 2 is 2.06 bits per heavy atom. The highest BCUT2D eigenvalue weighted by Gasteiger charge is 2.24. The van der Waals surface area contributed by atoms with E-state index in [0.29, 0.717) is 11.8 Å². The summed E-state index contributed by atoms with van der Waals surface area (Å²) in [4.78, 5) is 0. The second-order valence-electron chi connectivity index (χ2n) is 5.08. The van der Waals surface area contributed by atoms with E-state index in [0.717, 1.165) is 18.1 Å². The molecule has 3 nitrogen and oxygen atoms in total. The smallest absolute Gasteiger partial charge is 0.125 e. The van der Waals surface area contributed by atoms with Crippen molar-refractivity contribution < 1.29 is 0 Å². The van der Waals surface area contributed by atoms with Crippen molar-refractivity contribution in [1.82, 2.24) is 0 Å². The SMILES string of the molecule is CC1CC(c2cccc(C3CC3)c2)=NN=C1N. The van der Waals surface area contributed by atoms with Gasteiger partial charge in [-0.15, -0.1) is 5.10 Å². The molecule has 1 fully saturated rings. The fourth-order valence-corrected chi connectivity index (χ4v) is 2.22. The number of rotatable bonds is 2. The van der Waals surface area contributed by atoms with Crippen LogP contribution in [-0.4, -0.2) is 11.5 Å². The first-order valence-electron chi connectivity index (χ1n) is 6.24. The third-order valence-electron chi connectivity index (χ3n) is 3.56. The van der Waals surface area contributed by atoms with Crippen LogP contribution in [0.15, 0.2) is 34.5 Å². The van der Waals surface area contributed by atoms with Crippen molar-refractivity contribution in [2.45, 2.75) is 32.1 Å². The van der Waals surface area contributed by atoms with Gasteiger partial charge >= 0.3 is 0 Å². The van der Waals surface area contributed by atoms with Gasteiger partial charge in [0.25, 0.3) is 0 Å². The number of nitrogens with zero attached hydrogens (tertiary/aromatic N) is 2. The molecule has 2 aliphatic rings. The first kappa shape index (κ1) is 10.5. The average Bonchev–Trinajstić information content (AvgIpc) is 3.17. The Labute approximate surface area is 101 Å². The molecule has 1 aromatic carbocycles. The molecule has 88 valence electrons. The maximum Gasteiger partial charge on any atom is 0.125 e. The van der Waals surface area contributed by atoms with Crippen molar-refractivity contribution in [3.8, 4) is 0 Å². The molecule has 3 heteroatoms. The Bertz CT molecular complexity index is 498. The molecular formula is C14H17N3. The molecule has 1 aliphatic carbocycles. The Balaban J connectivity index is 1.91. The fraction of sp³-hybridized carbons (Fsp3) is 0.429. The lowest BCUT2D eigenvalue weighted by Crippen LogP contribution is -2.26. The molecule has 0 bridgehead atoms. The standard InChI is InChI=1S/C14H17N3/c1-9-7-13(16-17-14(9)15)12-4-2-3-11(8-12)10-5-6-10/h2-4,8-10H,5-7H2,1H3,(H2,15,17). The monoisotopic (exact) mass is 227 g/mol. The Kier molecular flexibility index (Phi) is 2.46. The van der Waals surface area contributed by atoms with Crippen LogP contribution in [0.5, 0.6) is 0 Å². The van der Waals surface area contributed by atoms with Crippen molar-refractivity contribution >= 4 is 11.5 Å². The molecule has 1 aromatic rings. The second-order valence-corrected chi connectivity index (χ2v) is 5.08. The Morgan fingerprint density at radius 1 is 1.24 bits per heavy atom. The van der Waals surface area contributed by atoms with Gasteiger partial charge in [0.1, 0.15) is 5.84 Å². The van der Waals surface area contributed by atoms with Crippen molar-refractivity contribution in [3.05, 3.63) is 35.4 Å². The summed E-state index contributed by atoms with van der Waals surface area (Å²) in [7, 11) is 0. The predicted octanol–water partition coefficient (Wildman–Crippen LogP) is 2.67. The molecule has 0 amide bonds. The fourth-order valence-electron chi connectivity index (χ4n) is 2.22. The van der Waals surface area contributed by atoms with Crippen LogP contribution < -0.4 is 5.73 Å². The predicted molar refractivity (Wildman–Crippen MR) is 70.4 cm³/mol. The maximum absolute atomic E-state index is 5.75. The highest BCUT2D eigenvalue weighted by Crippen LogP contribution is 2.40. The van der Waals surface area contributed by atoms with Gasteiger partial charge in [-0.1, -0.05) is 25.1 Å². The van der Waals surface area contributed by atoms with Gasteiger partial charge in [0.15, 0.2) is 0 Å². The van der Waals surface area contributed by atoms with Gasteiger partial charge in [-0.2, -0.15) is 5.10 Å². The van der Waals surface area contributed by atoms with Gasteiger partial charge in [0.05, 0.1) is 5.71 Å². The third kappa shape index (κ3) is 2.09. The van der Waals surface area contributed by atoms with Gasteiger partial charge in [-0.25, -0.2) is 0 Å². The molecule has 3 rings (SSSR count). The molecule has 1 unspecified atom stereocenters. The summed E-state index contributed by atoms with van der Waals surface area (Å²) < 4.78 is 0. The van der Waals surface area contributed by atoms with E-state index in [-0.39, 0.29) is 0 Å². The van der Waals surface area contributed by atoms with E-state index in [1.807, 2.05) is 0 Å². The van der Waals surface area contributed by atoms with E-state index >= 15 is 0 Å². The molecule has 0 spiro atoms. The van der Waals surface area contributed by atoms with E-state index < -0.39 is 0 Å². The van der Waals surface area contributed by atoms with E-state index in [1.54, 1.807) is 0 Å². The van der Waals surface area contributed by atoms with Crippen LogP contribution in [0.1, 0.15) is 43.2 Å². The van der Waals surface area contributed by atoms with Crippen molar-refractivity contribution in [2.24, 2.45) is 21.9 Å². The van der Waals surface area contributed by atoms with Gasteiger partial charge in [-0.05, 0) is 36.0 Å². The lowest BCUT2D eigenvalue weighted by molar-refractivity contribution is 0.779. The summed E-state index contributed by atoms with van der Waals surface area (Å²) in [6.45, 7) is 2.10. The van der Waals surface area contributed by atoms with E-state index in [9.17, 15) is 0 Å². The minimum absolute atomic E-state index is 0.298. The van der Waals surface area contributed by atoms with Crippen LogP contribution in [0.4, 0.5) is 0 Å². The molecule has 1 atom stereocenters. The molecule has 0 radical (unpaired) electrons. The van der Waals surface area contributed by atoms with Crippen LogP contribution in [0.3, 0.4) is 0 Å². The molecule has 1 heterocycles. The maximum atomic E-state index is 5.75. The van der Waals surface area contributed by atoms with Crippen LogP contribution in [0.2, 0.25) is 0 Å². The zero-order chi connectivity index (χ0) is 11.8. The minimum Gasteiger partial charge on any atom is -0.385 e. The van der Waals surface area contributed by atoms with Gasteiger partial charge in [0.2, 0.25) is 0 Å². The molecule has 0 aromatic heterocycles. The van der Waals surface area contributed by atoms with Gasteiger partial charge < -0.3 is 5.73 Å². The van der Waals surface area contributed by atoms with E-state index in [2.05, 4.69) is 41.4 Å². The van der Waals surface area contributed by atoms with Crippen molar-refractivity contribution in [1.29, 1.82) is 0 Å². The summed E-state index contributed by atoms with van der Waals surface area (Å²) in [6.07, 6.45) is 3.55. The summed E-state index contributed by atoms with van der Waals surface area (Å²) in [5.74, 6) is 1.73. The molecule has 0 saturated heterocycles. The highest BCUT2D eigenvalue weighted by molar-refractivity contribution is 6.04. The minimum atomic E-state index is 0.298. The molecule has 2 N–H and O–H groups in total. The molecular weight excluding hydrogens is 210 g/mol. The normalized spacial score (nSPS) is 24.2. The number of hydrogen-bond donors (Lipinski definition) is 1. The lowest BCUT2D eigenvalue weighted by atomic mass is 9.95. The Hall–Kier alpha value is -1.64. The van der Waals surface area contributed by atoms with Crippen LogP contribution >= 0.6 is 0 Å². The third-order valence-corrected chi connectivity index (χ3v) is 3.56. The largest absolute Gasteiger partial charge is 0.385 e. The highest BCUT2D eigenvalue weighted by atomic mass is 15.2. The summed E-state index contributed by atoms with van der Waals surface area (Å²) in [5.41, 5.74) is 9.46. The van der Waals surface area contributed by atoms with Crippen LogP contribution in [0.25, 0.3) is 0 Å². The van der Waals surface area contributed by atoms with Crippen LogP contribution in [0, 0.1) is 5.92 Å². The zero-order valence-electron chi connectivity index (χ0n) is 10.1. The number of nitrogens with two attached hydrogens (primary N) is 1. The topological polar surface area (TPSA) is 50.7 Å². The Morgan fingerprint density at radius 3 is 2.76 bits per heavy atom. The molecule has 17 heavy (non-hydrogen) atoms. The first-order valence-corrected chi connectivity index (χ1v) is 6.24. The van der Waals surface area contributed by atoms with Crippen molar-refractivity contribution in [3.63, 3.8) is 0 Å². The van der Waals surface area contributed by atoms with E-state index in [1.165, 1.54) is 24.0 Å². The number of hydrogen-bond acceptors (Lipinski definition) is 3. The quantitative estimate of drug-likeness (QED) is 0.829. The summed E-state index contributed by atoms with van der Waals surface area (Å²) >= 11 is 0. The summed E-state index contributed by atoms with van der Waals surface area (Å²) in [5, 5.41) is 8.27. The zero-order valence-corrected chi connectivity index (χ0v) is 10.1. The summed E-state index contributed by atoms with van der Waals surface area (Å²) in [6, 6.07) is 8.72. The lowest BCUT2D eigenvalue weighted by Gasteiger charge is -2.16.